The van der Waals surface area contributed by atoms with Crippen LogP contribution < -0.4 is 5.32 Å². The van der Waals surface area contributed by atoms with Crippen molar-refractivity contribution < 1.29 is 14.7 Å². The molecule has 0 atom stereocenters. The summed E-state index contributed by atoms with van der Waals surface area (Å²) in [6.45, 7) is 8.49. The average Bonchev–Trinajstić information content (AvgIpc) is 2.65. The summed E-state index contributed by atoms with van der Waals surface area (Å²) in [7, 11) is 0. The minimum absolute atomic E-state index is 0.0142. The summed E-state index contributed by atoms with van der Waals surface area (Å²) < 4.78 is 0. The molecule has 0 radical (unpaired) electrons. The Bertz CT molecular complexity index is 887. The first-order valence-electron chi connectivity index (χ1n) is 9.52. The molecule has 0 spiro atoms. The largest absolute Gasteiger partial charge is 0.507 e. The van der Waals surface area contributed by atoms with Crippen molar-refractivity contribution in [3.05, 3.63) is 58.7 Å². The number of nitrogens with one attached hydrogen (secondary N) is 1. The molecule has 3 rings (SSSR count). The lowest BCUT2D eigenvalue weighted by Crippen LogP contribution is -2.50. The number of amides is 2. The zero-order chi connectivity index (χ0) is 20.3. The zero-order valence-corrected chi connectivity index (χ0v) is 16.7. The number of carbonyl (C=O) groups excluding carboxylic acids is 2. The van der Waals surface area contributed by atoms with E-state index in [-0.39, 0.29) is 17.6 Å². The lowest BCUT2D eigenvalue weighted by molar-refractivity contribution is -0.117. The van der Waals surface area contributed by atoms with Crippen LogP contribution in [0.4, 0.5) is 5.69 Å². The number of hydrogen-bond acceptors (Lipinski definition) is 4. The number of piperazine rings is 1. The summed E-state index contributed by atoms with van der Waals surface area (Å²) >= 11 is 0. The molecule has 1 aliphatic heterocycles. The van der Waals surface area contributed by atoms with Gasteiger partial charge < -0.3 is 15.3 Å². The molecule has 0 aromatic heterocycles. The Hall–Kier alpha value is -2.86. The summed E-state index contributed by atoms with van der Waals surface area (Å²) in [5.74, 6) is -0.207. The predicted molar refractivity (Wildman–Crippen MR) is 110 cm³/mol. The van der Waals surface area contributed by atoms with Gasteiger partial charge in [0.15, 0.2) is 0 Å². The normalized spacial score (nSPS) is 14.8. The summed E-state index contributed by atoms with van der Waals surface area (Å²) in [5.41, 5.74) is 4.29. The number of rotatable bonds is 4. The SMILES string of the molecule is Cc1ccc(C(=O)N2CCN(CC(=O)Nc3cccc(C)c3C)CC2)c(O)c1. The first-order chi connectivity index (χ1) is 13.3. The van der Waals surface area contributed by atoms with E-state index >= 15 is 0 Å². The highest BCUT2D eigenvalue weighted by molar-refractivity contribution is 5.97. The van der Waals surface area contributed by atoms with E-state index in [9.17, 15) is 14.7 Å². The lowest BCUT2D eigenvalue weighted by Gasteiger charge is -2.34. The van der Waals surface area contributed by atoms with Crippen LogP contribution in [0.25, 0.3) is 0 Å². The van der Waals surface area contributed by atoms with Crippen molar-refractivity contribution in [1.82, 2.24) is 9.80 Å². The third-order valence-electron chi connectivity index (χ3n) is 5.29. The van der Waals surface area contributed by atoms with E-state index < -0.39 is 0 Å². The third kappa shape index (κ3) is 4.51. The molecular weight excluding hydrogens is 354 g/mol. The van der Waals surface area contributed by atoms with E-state index in [1.165, 1.54) is 0 Å². The van der Waals surface area contributed by atoms with Crippen LogP contribution in [0.2, 0.25) is 0 Å². The Kier molecular flexibility index (Phi) is 5.99. The van der Waals surface area contributed by atoms with Gasteiger partial charge in [-0.15, -0.1) is 0 Å². The number of phenols is 1. The van der Waals surface area contributed by atoms with Gasteiger partial charge in [-0.1, -0.05) is 18.2 Å². The number of nitrogens with zero attached hydrogens (tertiary/aromatic N) is 2. The molecule has 2 amide bonds. The van der Waals surface area contributed by atoms with Crippen molar-refractivity contribution >= 4 is 17.5 Å². The molecule has 0 bridgehead atoms. The van der Waals surface area contributed by atoms with Gasteiger partial charge in [0.2, 0.25) is 5.91 Å². The summed E-state index contributed by atoms with van der Waals surface area (Å²) in [6, 6.07) is 10.9. The van der Waals surface area contributed by atoms with Crippen LogP contribution in [0.3, 0.4) is 0 Å². The molecule has 1 aliphatic rings. The Morgan fingerprint density at radius 3 is 2.43 bits per heavy atom. The van der Waals surface area contributed by atoms with Gasteiger partial charge >= 0.3 is 0 Å². The molecule has 28 heavy (non-hydrogen) atoms. The highest BCUT2D eigenvalue weighted by atomic mass is 16.3. The first-order valence-corrected chi connectivity index (χ1v) is 9.52. The number of aryl methyl sites for hydroxylation is 2. The summed E-state index contributed by atoms with van der Waals surface area (Å²) in [4.78, 5) is 28.8. The second kappa shape index (κ2) is 8.44. The average molecular weight is 381 g/mol. The molecule has 2 aromatic rings. The van der Waals surface area contributed by atoms with Crippen LogP contribution in [0, 0.1) is 20.8 Å². The zero-order valence-electron chi connectivity index (χ0n) is 16.7. The van der Waals surface area contributed by atoms with E-state index in [1.54, 1.807) is 17.0 Å². The molecule has 2 aromatic carbocycles. The van der Waals surface area contributed by atoms with Gasteiger partial charge in [-0.3, -0.25) is 14.5 Å². The standard InChI is InChI=1S/C22H27N3O3/c1-15-7-8-18(20(26)13-15)22(28)25-11-9-24(10-12-25)14-21(27)23-19-6-4-5-16(2)17(19)3/h4-8,13,26H,9-12,14H2,1-3H3,(H,23,27). The second-order valence-corrected chi connectivity index (χ2v) is 7.38. The van der Waals surface area contributed by atoms with Crippen LogP contribution in [0.15, 0.2) is 36.4 Å². The molecule has 0 saturated carbocycles. The fourth-order valence-electron chi connectivity index (χ4n) is 3.38. The number of hydrogen-bond donors (Lipinski definition) is 2. The van der Waals surface area contributed by atoms with Crippen LogP contribution in [0.1, 0.15) is 27.0 Å². The predicted octanol–water partition coefficient (Wildman–Crippen LogP) is 2.71. The van der Waals surface area contributed by atoms with Crippen molar-refractivity contribution in [2.45, 2.75) is 20.8 Å². The minimum atomic E-state index is -0.169. The monoisotopic (exact) mass is 381 g/mol. The second-order valence-electron chi connectivity index (χ2n) is 7.38. The molecule has 1 fully saturated rings. The fourth-order valence-corrected chi connectivity index (χ4v) is 3.38. The van der Waals surface area contributed by atoms with E-state index in [0.29, 0.717) is 38.3 Å². The van der Waals surface area contributed by atoms with E-state index in [1.807, 2.05) is 49.9 Å². The first kappa shape index (κ1) is 19.9. The van der Waals surface area contributed by atoms with E-state index in [2.05, 4.69) is 5.32 Å². The Labute approximate surface area is 165 Å². The lowest BCUT2D eigenvalue weighted by atomic mass is 10.1. The summed E-state index contributed by atoms with van der Waals surface area (Å²) in [5, 5.41) is 13.0. The third-order valence-corrected chi connectivity index (χ3v) is 5.29. The van der Waals surface area contributed by atoms with Crippen LogP contribution in [-0.2, 0) is 4.79 Å². The maximum atomic E-state index is 12.6. The van der Waals surface area contributed by atoms with Gasteiger partial charge in [0.25, 0.3) is 5.91 Å². The van der Waals surface area contributed by atoms with Crippen LogP contribution >= 0.6 is 0 Å². The Balaban J connectivity index is 1.53. The minimum Gasteiger partial charge on any atom is -0.507 e. The molecule has 148 valence electrons. The number of carbonyl (C=O) groups is 2. The van der Waals surface area contributed by atoms with Crippen molar-refractivity contribution in [2.24, 2.45) is 0 Å². The van der Waals surface area contributed by atoms with Crippen molar-refractivity contribution in [1.29, 1.82) is 0 Å². The van der Waals surface area contributed by atoms with Gasteiger partial charge in [-0.2, -0.15) is 0 Å². The highest BCUT2D eigenvalue weighted by Crippen LogP contribution is 2.21. The quantitative estimate of drug-likeness (QED) is 0.854. The van der Waals surface area contributed by atoms with Gasteiger partial charge in [-0.25, -0.2) is 0 Å². The molecule has 1 saturated heterocycles. The van der Waals surface area contributed by atoms with Gasteiger partial charge in [0.1, 0.15) is 5.75 Å². The highest BCUT2D eigenvalue weighted by Gasteiger charge is 2.25. The topological polar surface area (TPSA) is 72.9 Å². The van der Waals surface area contributed by atoms with Gasteiger partial charge in [-0.05, 0) is 55.7 Å². The molecule has 2 N–H and O–H groups in total. The van der Waals surface area contributed by atoms with Crippen molar-refractivity contribution in [3.63, 3.8) is 0 Å². The number of aromatic hydroxyl groups is 1. The maximum Gasteiger partial charge on any atom is 0.257 e. The van der Waals surface area contributed by atoms with E-state index in [4.69, 9.17) is 0 Å². The molecule has 1 heterocycles. The van der Waals surface area contributed by atoms with Gasteiger partial charge in [0, 0.05) is 31.9 Å². The van der Waals surface area contributed by atoms with Crippen molar-refractivity contribution in [2.75, 3.05) is 38.0 Å². The smallest absolute Gasteiger partial charge is 0.257 e. The van der Waals surface area contributed by atoms with Crippen molar-refractivity contribution in [3.8, 4) is 5.75 Å². The molecule has 0 aliphatic carbocycles. The Morgan fingerprint density at radius 2 is 1.75 bits per heavy atom. The molecule has 6 heteroatoms. The number of anilines is 1. The van der Waals surface area contributed by atoms with E-state index in [0.717, 1.165) is 22.4 Å². The number of benzene rings is 2. The van der Waals surface area contributed by atoms with Crippen LogP contribution in [0.5, 0.6) is 5.75 Å². The Morgan fingerprint density at radius 1 is 1.04 bits per heavy atom. The fraction of sp³-hybridized carbons (Fsp3) is 0.364. The van der Waals surface area contributed by atoms with Crippen LogP contribution in [-0.4, -0.2) is 59.4 Å². The summed E-state index contributed by atoms with van der Waals surface area (Å²) in [6.07, 6.45) is 0. The molecule has 6 nitrogen and oxygen atoms in total. The maximum absolute atomic E-state index is 12.6. The molecular formula is C22H27N3O3. The molecule has 0 unspecified atom stereocenters. The van der Waals surface area contributed by atoms with Gasteiger partial charge in [0.05, 0.1) is 12.1 Å². The number of phenolic OH excluding ortho intramolecular Hbond substituents is 1.